The second kappa shape index (κ2) is 8.46. The van der Waals surface area contributed by atoms with Gasteiger partial charge in [0.1, 0.15) is 5.75 Å². The van der Waals surface area contributed by atoms with E-state index in [1.165, 1.54) is 0 Å². The number of carbonyl (C=O) groups is 2. The first-order valence-corrected chi connectivity index (χ1v) is 9.73. The van der Waals surface area contributed by atoms with Crippen LogP contribution in [-0.2, 0) is 10.2 Å². The molecule has 0 saturated carbocycles. The number of carboxylic acid groups (broad SMARTS) is 1. The Balaban J connectivity index is 1.71. The third kappa shape index (κ3) is 4.19. The molecule has 2 aromatic carbocycles. The van der Waals surface area contributed by atoms with Gasteiger partial charge in [0, 0.05) is 18.7 Å². The Labute approximate surface area is 165 Å². The zero-order valence-electron chi connectivity index (χ0n) is 16.4. The molecule has 1 N–H and O–H groups in total. The SMILES string of the molecule is CC(C)COc1cccc(C(=O)N2CCC(C(=O)O)(c3ccccc3)CC2)c1. The van der Waals surface area contributed by atoms with Crippen LogP contribution in [0.2, 0.25) is 0 Å². The van der Waals surface area contributed by atoms with Crippen molar-refractivity contribution >= 4 is 11.9 Å². The molecule has 28 heavy (non-hydrogen) atoms. The van der Waals surface area contributed by atoms with Gasteiger partial charge in [-0.15, -0.1) is 0 Å². The van der Waals surface area contributed by atoms with Gasteiger partial charge < -0.3 is 14.7 Å². The van der Waals surface area contributed by atoms with Crippen molar-refractivity contribution in [3.63, 3.8) is 0 Å². The third-order valence-corrected chi connectivity index (χ3v) is 5.30. The molecule has 5 nitrogen and oxygen atoms in total. The predicted octanol–water partition coefficient (Wildman–Crippen LogP) is 3.98. The summed E-state index contributed by atoms with van der Waals surface area (Å²) >= 11 is 0. The number of carbonyl (C=O) groups excluding carboxylic acids is 1. The number of likely N-dealkylation sites (tertiary alicyclic amines) is 1. The van der Waals surface area contributed by atoms with Crippen LogP contribution in [0.4, 0.5) is 0 Å². The molecule has 0 bridgehead atoms. The maximum absolute atomic E-state index is 12.9. The lowest BCUT2D eigenvalue weighted by Gasteiger charge is -2.39. The molecule has 5 heteroatoms. The van der Waals surface area contributed by atoms with Gasteiger partial charge in [-0.1, -0.05) is 50.2 Å². The van der Waals surface area contributed by atoms with E-state index in [4.69, 9.17) is 4.74 Å². The van der Waals surface area contributed by atoms with Gasteiger partial charge in [0.2, 0.25) is 0 Å². The Morgan fingerprint density at radius 1 is 1.07 bits per heavy atom. The molecule has 1 saturated heterocycles. The molecule has 2 aromatic rings. The summed E-state index contributed by atoms with van der Waals surface area (Å²) < 4.78 is 5.72. The van der Waals surface area contributed by atoms with E-state index >= 15 is 0 Å². The van der Waals surface area contributed by atoms with Crippen LogP contribution < -0.4 is 4.74 Å². The molecule has 0 aliphatic carbocycles. The predicted molar refractivity (Wildman–Crippen MR) is 108 cm³/mol. The largest absolute Gasteiger partial charge is 0.493 e. The lowest BCUT2D eigenvalue weighted by molar-refractivity contribution is -0.145. The molecule has 1 aliphatic heterocycles. The van der Waals surface area contributed by atoms with Crippen LogP contribution in [0.15, 0.2) is 54.6 Å². The van der Waals surface area contributed by atoms with Crippen molar-refractivity contribution in [1.29, 1.82) is 0 Å². The standard InChI is InChI=1S/C23H27NO4/c1-17(2)16-28-20-10-6-7-18(15-20)21(25)24-13-11-23(12-14-24,22(26)27)19-8-4-3-5-9-19/h3-10,15,17H,11-14,16H2,1-2H3,(H,26,27). The maximum atomic E-state index is 12.9. The molecular weight excluding hydrogens is 354 g/mol. The first-order chi connectivity index (χ1) is 13.4. The summed E-state index contributed by atoms with van der Waals surface area (Å²) in [6.07, 6.45) is 0.809. The molecule has 0 spiro atoms. The van der Waals surface area contributed by atoms with E-state index in [9.17, 15) is 14.7 Å². The summed E-state index contributed by atoms with van der Waals surface area (Å²) in [6, 6.07) is 16.5. The smallest absolute Gasteiger partial charge is 0.314 e. The number of benzene rings is 2. The molecule has 3 rings (SSSR count). The molecular formula is C23H27NO4. The van der Waals surface area contributed by atoms with E-state index in [0.717, 1.165) is 5.56 Å². The number of hydrogen-bond donors (Lipinski definition) is 1. The number of carboxylic acids is 1. The van der Waals surface area contributed by atoms with E-state index in [0.29, 0.717) is 49.8 Å². The third-order valence-electron chi connectivity index (χ3n) is 5.30. The number of ether oxygens (including phenoxy) is 1. The number of nitrogens with zero attached hydrogens (tertiary/aromatic N) is 1. The fourth-order valence-electron chi connectivity index (χ4n) is 3.64. The van der Waals surface area contributed by atoms with Gasteiger partial charge in [0.05, 0.1) is 12.0 Å². The van der Waals surface area contributed by atoms with Gasteiger partial charge in [-0.05, 0) is 42.5 Å². The molecule has 1 amide bonds. The number of amides is 1. The zero-order chi connectivity index (χ0) is 20.1. The van der Waals surface area contributed by atoms with Crippen LogP contribution in [0.1, 0.15) is 42.6 Å². The van der Waals surface area contributed by atoms with E-state index in [1.807, 2.05) is 42.5 Å². The number of piperidine rings is 1. The summed E-state index contributed by atoms with van der Waals surface area (Å²) in [7, 11) is 0. The van der Waals surface area contributed by atoms with E-state index < -0.39 is 11.4 Å². The summed E-state index contributed by atoms with van der Waals surface area (Å²) in [5.74, 6) is 0.182. The van der Waals surface area contributed by atoms with Gasteiger partial charge in [0.15, 0.2) is 0 Å². The Hall–Kier alpha value is -2.82. The van der Waals surface area contributed by atoms with Crippen molar-refractivity contribution in [2.24, 2.45) is 5.92 Å². The van der Waals surface area contributed by atoms with Crippen molar-refractivity contribution in [1.82, 2.24) is 4.90 Å². The van der Waals surface area contributed by atoms with Crippen LogP contribution in [0.5, 0.6) is 5.75 Å². The van der Waals surface area contributed by atoms with Gasteiger partial charge in [0.25, 0.3) is 5.91 Å². The molecule has 0 atom stereocenters. The summed E-state index contributed by atoms with van der Waals surface area (Å²) in [5.41, 5.74) is 0.447. The van der Waals surface area contributed by atoms with Gasteiger partial charge in [-0.3, -0.25) is 9.59 Å². The second-order valence-corrected chi connectivity index (χ2v) is 7.78. The lowest BCUT2D eigenvalue weighted by Crippen LogP contribution is -2.49. The molecule has 1 aliphatic rings. The summed E-state index contributed by atoms with van der Waals surface area (Å²) in [4.78, 5) is 26.7. The number of aliphatic carboxylic acids is 1. The van der Waals surface area contributed by atoms with E-state index in [-0.39, 0.29) is 5.91 Å². The summed E-state index contributed by atoms with van der Waals surface area (Å²) in [6.45, 7) is 5.57. The minimum Gasteiger partial charge on any atom is -0.493 e. The van der Waals surface area contributed by atoms with E-state index in [1.54, 1.807) is 17.0 Å². The molecule has 0 radical (unpaired) electrons. The second-order valence-electron chi connectivity index (χ2n) is 7.78. The van der Waals surface area contributed by atoms with Crippen molar-refractivity contribution < 1.29 is 19.4 Å². The Bertz CT molecular complexity index is 824. The van der Waals surface area contributed by atoms with Gasteiger partial charge in [-0.2, -0.15) is 0 Å². The minimum absolute atomic E-state index is 0.0814. The average molecular weight is 381 g/mol. The fraction of sp³-hybridized carbons (Fsp3) is 0.391. The molecule has 0 unspecified atom stereocenters. The van der Waals surface area contributed by atoms with Crippen molar-refractivity contribution in [3.8, 4) is 5.75 Å². The molecule has 1 heterocycles. The Morgan fingerprint density at radius 2 is 1.75 bits per heavy atom. The van der Waals surface area contributed by atoms with Crippen molar-refractivity contribution in [3.05, 3.63) is 65.7 Å². The van der Waals surface area contributed by atoms with Crippen molar-refractivity contribution in [2.75, 3.05) is 19.7 Å². The van der Waals surface area contributed by atoms with Crippen LogP contribution in [0, 0.1) is 5.92 Å². The average Bonchev–Trinajstić information content (AvgIpc) is 2.72. The number of rotatable bonds is 6. The molecule has 0 aromatic heterocycles. The van der Waals surface area contributed by atoms with Gasteiger partial charge >= 0.3 is 5.97 Å². The van der Waals surface area contributed by atoms with E-state index in [2.05, 4.69) is 13.8 Å². The topological polar surface area (TPSA) is 66.8 Å². The highest BCUT2D eigenvalue weighted by molar-refractivity contribution is 5.95. The summed E-state index contributed by atoms with van der Waals surface area (Å²) in [5, 5.41) is 9.90. The highest BCUT2D eigenvalue weighted by atomic mass is 16.5. The normalized spacial score (nSPS) is 16.0. The van der Waals surface area contributed by atoms with Crippen LogP contribution in [-0.4, -0.2) is 41.6 Å². The monoisotopic (exact) mass is 381 g/mol. The van der Waals surface area contributed by atoms with Crippen LogP contribution >= 0.6 is 0 Å². The molecule has 148 valence electrons. The molecule has 1 fully saturated rings. The number of hydrogen-bond acceptors (Lipinski definition) is 3. The first-order valence-electron chi connectivity index (χ1n) is 9.73. The van der Waals surface area contributed by atoms with Gasteiger partial charge in [-0.25, -0.2) is 0 Å². The first kappa shape index (κ1) is 19.9. The maximum Gasteiger partial charge on any atom is 0.314 e. The van der Waals surface area contributed by atoms with Crippen molar-refractivity contribution in [2.45, 2.75) is 32.1 Å². The fourth-order valence-corrected chi connectivity index (χ4v) is 3.64. The Kier molecular flexibility index (Phi) is 6.02. The minimum atomic E-state index is -0.930. The van der Waals surface area contributed by atoms with Crippen LogP contribution in [0.3, 0.4) is 0 Å². The zero-order valence-corrected chi connectivity index (χ0v) is 16.4. The van der Waals surface area contributed by atoms with Crippen LogP contribution in [0.25, 0.3) is 0 Å². The highest BCUT2D eigenvalue weighted by Gasteiger charge is 2.43. The highest BCUT2D eigenvalue weighted by Crippen LogP contribution is 2.36. The lowest BCUT2D eigenvalue weighted by atomic mass is 9.73. The Morgan fingerprint density at radius 3 is 2.36 bits per heavy atom. The quantitative estimate of drug-likeness (QED) is 0.822.